The van der Waals surface area contributed by atoms with Crippen molar-refractivity contribution in [2.45, 2.75) is 153 Å². The van der Waals surface area contributed by atoms with Crippen molar-refractivity contribution < 1.29 is 186 Å². The van der Waals surface area contributed by atoms with E-state index in [0.717, 1.165) is 0 Å². The molecular weight excluding hydrogens is 1200 g/mol. The van der Waals surface area contributed by atoms with Crippen LogP contribution in [0.3, 0.4) is 0 Å². The van der Waals surface area contributed by atoms with Gasteiger partial charge in [-0.25, -0.2) is 22.1 Å². The Hall–Kier alpha value is -2.47. The Morgan fingerprint density at radius 1 is 0.449 bits per heavy atom. The van der Waals surface area contributed by atoms with Crippen LogP contribution in [-0.4, -0.2) is 306 Å². The highest BCUT2D eigenvalue weighted by atomic mass is 32.3. The van der Waals surface area contributed by atoms with Crippen molar-refractivity contribution >= 4 is 63.7 Å². The molecule has 0 bridgehead atoms. The maximum absolute atomic E-state index is 12.7. The lowest BCUT2D eigenvalue weighted by Gasteiger charge is -2.50. The van der Waals surface area contributed by atoms with Gasteiger partial charge in [-0.3, -0.25) is 22.8 Å². The van der Waals surface area contributed by atoms with Gasteiger partial charge in [0.25, 0.3) is 0 Å². The van der Waals surface area contributed by atoms with E-state index in [4.69, 9.17) is 52.9 Å². The average Bonchev–Trinajstić information content (AvgIpc) is 3.29. The van der Waals surface area contributed by atoms with E-state index < -0.39 is 237 Å². The summed E-state index contributed by atoms with van der Waals surface area (Å²) in [6.45, 7) is -4.14. The Morgan fingerprint density at radius 2 is 0.897 bits per heavy atom. The topological polar surface area (TPSA) is 689 Å². The molecule has 43 nitrogen and oxygen atoms in total. The minimum atomic E-state index is -5.86. The maximum Gasteiger partial charge on any atom is 0.397 e. The predicted octanol–water partition coefficient (Wildman–Crippen LogP) is -13.5. The summed E-state index contributed by atoms with van der Waals surface area (Å²) in [5.41, 5.74) is 6.16. The summed E-state index contributed by atoms with van der Waals surface area (Å²) in [5.74, 6) is -4.42. The molecule has 0 aliphatic carbocycles. The molecular formula is C30H51N3O40S5. The molecule has 5 aliphatic heterocycles. The highest BCUT2D eigenvalue weighted by Crippen LogP contribution is 2.37. The number of nitrogens with one attached hydrogen (secondary N) is 2. The predicted molar refractivity (Wildman–Crippen MR) is 226 cm³/mol. The molecule has 5 saturated heterocycles. The minimum absolute atomic E-state index is 1.26. The molecule has 20 N–H and O–H groups in total. The normalized spacial score (nSPS) is 42.5. The van der Waals surface area contributed by atoms with E-state index in [2.05, 4.69) is 12.5 Å². The molecule has 0 spiro atoms. The number of rotatable bonds is 23. The largest absolute Gasteiger partial charge is 0.479 e. The lowest BCUT2D eigenvalue weighted by atomic mass is 9.94. The highest BCUT2D eigenvalue weighted by Gasteiger charge is 2.60. The van der Waals surface area contributed by atoms with Gasteiger partial charge in [-0.2, -0.15) is 51.5 Å². The second-order valence-corrected chi connectivity index (χ2v) is 22.5. The van der Waals surface area contributed by atoms with Crippen LogP contribution < -0.4 is 15.2 Å². The number of hydrogen-bond acceptors (Lipinski definition) is 34. The minimum Gasteiger partial charge on any atom is -0.479 e. The van der Waals surface area contributed by atoms with Crippen LogP contribution in [0, 0.1) is 0 Å². The fraction of sp³-hybridized carbons (Fsp3) is 0.933. The van der Waals surface area contributed by atoms with E-state index in [0.29, 0.717) is 0 Å². The Kier molecular flexibility index (Phi) is 21.7. The number of carboxylic acids is 2. The summed E-state index contributed by atoms with van der Waals surface area (Å²) >= 11 is 0. The smallest absolute Gasteiger partial charge is 0.397 e. The van der Waals surface area contributed by atoms with Gasteiger partial charge in [-0.05, 0) is 0 Å². The highest BCUT2D eigenvalue weighted by molar-refractivity contribution is 7.84. The number of hydrogen-bond donors (Lipinski definition) is 19. The van der Waals surface area contributed by atoms with Crippen molar-refractivity contribution in [2.24, 2.45) is 5.73 Å². The Bertz CT molecular complexity index is 2650. The molecule has 48 heteroatoms. The molecule has 0 unspecified atom stereocenters. The van der Waals surface area contributed by atoms with E-state index in [1.54, 1.807) is 0 Å². The van der Waals surface area contributed by atoms with Crippen molar-refractivity contribution in [2.75, 3.05) is 19.8 Å². The third-order valence-electron chi connectivity index (χ3n) is 11.6. The molecule has 5 heterocycles. The molecule has 5 aliphatic rings. The van der Waals surface area contributed by atoms with Gasteiger partial charge in [0.15, 0.2) is 49.8 Å². The molecule has 0 aromatic heterocycles. The van der Waals surface area contributed by atoms with Crippen LogP contribution in [0.4, 0.5) is 0 Å². The molecule has 5 fully saturated rings. The quantitative estimate of drug-likeness (QED) is 0.0422. The Labute approximate surface area is 436 Å². The number of ether oxygens (including phenoxy) is 9. The monoisotopic (exact) mass is 1250 g/mol. The standard InChI is InChI=1S/C30H51N3O40S5/c31-7-18(72-77(56,57)58)17(67-29-14(40)13(39)19(22(70-29)24(42)43)69-28-9(33-75(50,51)52)11(37)10(36)6(65-28)3-62-76(53,54)55)5(2-35)64-27(7)68-20-15(41)21(73-78(59,60)61)30(71-23(20)25(44)45)66-16-4(1-34)63-26(46)8(12(16)38)32-74(47,48)49/h4-23,26-30,32-41,46H,1-3,31H2,(H,42,43)(H,44,45)(H,47,48,49)(H,50,51,52)(H,53,54,55)(H,56,57,58)(H,59,60,61)/t4-,5-,6-,7-,8-,9-,10-,11-,12-,13-,14-,15+,16-,17-,18-,19+,20+,21-,22+,23-,26+,27-,28-,29-,30-/m1/s1. The lowest BCUT2D eigenvalue weighted by Crippen LogP contribution is -2.70. The summed E-state index contributed by atoms with van der Waals surface area (Å²) in [6, 6.07) is -7.17. The van der Waals surface area contributed by atoms with Gasteiger partial charge in [0.05, 0.1) is 25.9 Å². The van der Waals surface area contributed by atoms with Gasteiger partial charge in [0.1, 0.15) is 97.5 Å². The summed E-state index contributed by atoms with van der Waals surface area (Å²) < 4.78 is 228. The molecule has 25 atom stereocenters. The summed E-state index contributed by atoms with van der Waals surface area (Å²) in [5, 5.41) is 117. The average molecular weight is 1250 g/mol. The fourth-order valence-electron chi connectivity index (χ4n) is 8.25. The molecule has 0 radical (unpaired) electrons. The van der Waals surface area contributed by atoms with Crippen LogP contribution in [0.25, 0.3) is 0 Å². The molecule has 0 aromatic rings. The van der Waals surface area contributed by atoms with E-state index in [9.17, 15) is 126 Å². The summed E-state index contributed by atoms with van der Waals surface area (Å²) in [6.07, 6.45) is -56.1. The van der Waals surface area contributed by atoms with Crippen molar-refractivity contribution in [1.29, 1.82) is 0 Å². The van der Waals surface area contributed by atoms with Gasteiger partial charge in [-0.1, -0.05) is 0 Å². The van der Waals surface area contributed by atoms with E-state index in [1.165, 1.54) is 9.44 Å². The summed E-state index contributed by atoms with van der Waals surface area (Å²) in [7, 11) is -27.8. The number of aliphatic hydroxyl groups is 9. The third kappa shape index (κ3) is 16.8. The van der Waals surface area contributed by atoms with Crippen LogP contribution in [0.1, 0.15) is 0 Å². The maximum atomic E-state index is 12.7. The van der Waals surface area contributed by atoms with Gasteiger partial charge in [0.2, 0.25) is 0 Å². The summed E-state index contributed by atoms with van der Waals surface area (Å²) in [4.78, 5) is 25.3. The molecule has 5 rings (SSSR count). The first-order chi connectivity index (χ1) is 35.6. The van der Waals surface area contributed by atoms with Crippen LogP contribution in [0.2, 0.25) is 0 Å². The van der Waals surface area contributed by atoms with Crippen LogP contribution >= 0.6 is 0 Å². The van der Waals surface area contributed by atoms with Crippen molar-refractivity contribution in [3.05, 3.63) is 0 Å². The zero-order valence-corrected chi connectivity index (χ0v) is 42.2. The molecule has 456 valence electrons. The third-order valence-corrected chi connectivity index (χ3v) is 14.1. The number of nitrogens with two attached hydrogens (primary N) is 1. The molecule has 78 heavy (non-hydrogen) atoms. The number of aliphatic hydroxyl groups excluding tert-OH is 9. The van der Waals surface area contributed by atoms with Gasteiger partial charge < -0.3 is 105 Å². The lowest BCUT2D eigenvalue weighted by molar-refractivity contribution is -0.372. The first kappa shape index (κ1) is 66.3. The molecule has 0 saturated carbocycles. The first-order valence-electron chi connectivity index (χ1n) is 21.2. The van der Waals surface area contributed by atoms with Crippen molar-refractivity contribution in [1.82, 2.24) is 9.44 Å². The number of aliphatic carboxylic acids is 2. The van der Waals surface area contributed by atoms with Gasteiger partial charge in [-0.15, -0.1) is 0 Å². The Balaban J connectivity index is 1.43. The van der Waals surface area contributed by atoms with E-state index in [-0.39, 0.29) is 0 Å². The zero-order chi connectivity index (χ0) is 59.1. The van der Waals surface area contributed by atoms with Gasteiger partial charge in [0, 0.05) is 0 Å². The fourth-order valence-corrected chi connectivity index (χ4v) is 10.8. The van der Waals surface area contributed by atoms with Crippen LogP contribution in [0.15, 0.2) is 0 Å². The zero-order valence-electron chi connectivity index (χ0n) is 38.1. The second kappa shape index (κ2) is 25.6. The van der Waals surface area contributed by atoms with Gasteiger partial charge >= 0.3 is 63.7 Å². The van der Waals surface area contributed by atoms with Crippen molar-refractivity contribution in [3.8, 4) is 0 Å². The van der Waals surface area contributed by atoms with Crippen LogP contribution in [0.5, 0.6) is 0 Å². The molecule has 0 amide bonds. The van der Waals surface area contributed by atoms with Crippen LogP contribution in [-0.2, 0) is 117 Å². The Morgan fingerprint density at radius 3 is 1.40 bits per heavy atom. The second-order valence-electron chi connectivity index (χ2n) is 16.9. The van der Waals surface area contributed by atoms with E-state index >= 15 is 0 Å². The number of carboxylic acid groups (broad SMARTS) is 2. The first-order valence-corrected chi connectivity index (χ1v) is 28.1. The molecule has 0 aromatic carbocycles. The number of carbonyl (C=O) groups is 2. The SMILES string of the molecule is N[C@H]1[C@@H](O[C@H]2[C@H](O)[C@@H](OS(=O)(=O)O)[C@H](O[C@H]3[C@H](O)[C@@H](NS(=O)(=O)O)[C@@H](O)O[C@@H]3CO)O[C@H]2C(=O)O)O[C@H](CO)[C@@H](O[C@@H]2O[C@H](C(=O)O)[C@@H](O[C@H]3O[C@H](COS(=O)(=O)O)[C@@H](O)[C@H](O)[C@H]3NS(=O)(=O)O)[C@H](O)[C@H]2O)[C@@H]1OS(=O)(=O)O. The van der Waals surface area contributed by atoms with E-state index in [1.807, 2.05) is 0 Å². The van der Waals surface area contributed by atoms with Crippen molar-refractivity contribution in [3.63, 3.8) is 0 Å².